The van der Waals surface area contributed by atoms with Gasteiger partial charge in [0, 0.05) is 13.0 Å². The molecule has 1 heterocycles. The first kappa shape index (κ1) is 12.2. The molecule has 0 unspecified atom stereocenters. The average Bonchev–Trinajstić information content (AvgIpc) is 2.74. The number of rotatable bonds is 7. The van der Waals surface area contributed by atoms with Gasteiger partial charge < -0.3 is 5.32 Å². The van der Waals surface area contributed by atoms with Gasteiger partial charge in [-0.3, -0.25) is 4.79 Å². The molecule has 3 heteroatoms. The lowest BCUT2D eigenvalue weighted by atomic mass is 10.2. The molecule has 0 aliphatic heterocycles. The molecule has 0 radical (unpaired) electrons. The lowest BCUT2D eigenvalue weighted by molar-refractivity contribution is -0.121. The predicted octanol–water partition coefficient (Wildman–Crippen LogP) is 2.99. The van der Waals surface area contributed by atoms with Crippen molar-refractivity contribution < 1.29 is 4.79 Å². The molecular formula is C12H19NOS. The Morgan fingerprint density at radius 1 is 1.47 bits per heavy atom. The number of nitrogens with one attached hydrogen (secondary N) is 1. The molecular weight excluding hydrogens is 206 g/mol. The van der Waals surface area contributed by atoms with E-state index < -0.39 is 0 Å². The Morgan fingerprint density at radius 3 is 3.00 bits per heavy atom. The number of hydrogen-bond acceptors (Lipinski definition) is 2. The van der Waals surface area contributed by atoms with Crippen LogP contribution in [0.25, 0.3) is 0 Å². The largest absolute Gasteiger partial charge is 0.356 e. The van der Waals surface area contributed by atoms with Crippen LogP contribution in [0.2, 0.25) is 0 Å². The van der Waals surface area contributed by atoms with Gasteiger partial charge in [-0.1, -0.05) is 19.8 Å². The normalized spacial score (nSPS) is 10.2. The first-order valence-corrected chi connectivity index (χ1v) is 6.55. The molecule has 0 saturated heterocycles. The standard InChI is InChI=1S/C12H19NOS/c1-2-3-4-8-13-12(14)6-5-11-7-9-15-10-11/h7,9-10H,2-6,8H2,1H3,(H,13,14). The fourth-order valence-corrected chi connectivity index (χ4v) is 2.09. The van der Waals surface area contributed by atoms with Crippen LogP contribution in [0.15, 0.2) is 16.8 Å². The molecule has 84 valence electrons. The van der Waals surface area contributed by atoms with E-state index in [1.54, 1.807) is 11.3 Å². The minimum atomic E-state index is 0.178. The van der Waals surface area contributed by atoms with Crippen molar-refractivity contribution >= 4 is 17.2 Å². The summed E-state index contributed by atoms with van der Waals surface area (Å²) < 4.78 is 0. The van der Waals surface area contributed by atoms with Crippen LogP contribution < -0.4 is 5.32 Å². The zero-order valence-corrected chi connectivity index (χ0v) is 10.1. The Kier molecular flexibility index (Phi) is 6.09. The average molecular weight is 225 g/mol. The van der Waals surface area contributed by atoms with Crippen LogP contribution in [0, 0.1) is 0 Å². The summed E-state index contributed by atoms with van der Waals surface area (Å²) in [6.45, 7) is 2.99. The highest BCUT2D eigenvalue weighted by Gasteiger charge is 2.01. The summed E-state index contributed by atoms with van der Waals surface area (Å²) in [5.74, 6) is 0.178. The monoisotopic (exact) mass is 225 g/mol. The zero-order chi connectivity index (χ0) is 10.9. The molecule has 0 aliphatic carbocycles. The van der Waals surface area contributed by atoms with Gasteiger partial charge in [-0.25, -0.2) is 0 Å². The van der Waals surface area contributed by atoms with Crippen molar-refractivity contribution in [3.63, 3.8) is 0 Å². The van der Waals surface area contributed by atoms with Crippen molar-refractivity contribution in [3.8, 4) is 0 Å². The quantitative estimate of drug-likeness (QED) is 0.710. The van der Waals surface area contributed by atoms with E-state index in [1.807, 2.05) is 0 Å². The van der Waals surface area contributed by atoms with E-state index >= 15 is 0 Å². The zero-order valence-electron chi connectivity index (χ0n) is 9.29. The first-order valence-electron chi connectivity index (χ1n) is 5.60. The van der Waals surface area contributed by atoms with Crippen LogP contribution in [0.3, 0.4) is 0 Å². The minimum Gasteiger partial charge on any atom is -0.356 e. The second kappa shape index (κ2) is 7.46. The van der Waals surface area contributed by atoms with Gasteiger partial charge in [-0.2, -0.15) is 11.3 Å². The van der Waals surface area contributed by atoms with Crippen molar-refractivity contribution in [2.24, 2.45) is 0 Å². The van der Waals surface area contributed by atoms with Gasteiger partial charge in [-0.15, -0.1) is 0 Å². The van der Waals surface area contributed by atoms with E-state index in [-0.39, 0.29) is 5.91 Å². The van der Waals surface area contributed by atoms with E-state index in [1.165, 1.54) is 18.4 Å². The molecule has 1 N–H and O–H groups in total. The van der Waals surface area contributed by atoms with Gasteiger partial charge in [0.05, 0.1) is 0 Å². The summed E-state index contributed by atoms with van der Waals surface area (Å²) in [5.41, 5.74) is 1.27. The Hall–Kier alpha value is -0.830. The van der Waals surface area contributed by atoms with Crippen LogP contribution in [0.1, 0.15) is 38.2 Å². The van der Waals surface area contributed by atoms with Crippen LogP contribution >= 0.6 is 11.3 Å². The Balaban J connectivity index is 2.04. The topological polar surface area (TPSA) is 29.1 Å². The smallest absolute Gasteiger partial charge is 0.220 e. The van der Waals surface area contributed by atoms with Gasteiger partial charge in [0.15, 0.2) is 0 Å². The van der Waals surface area contributed by atoms with Crippen molar-refractivity contribution in [2.75, 3.05) is 6.54 Å². The second-order valence-corrected chi connectivity index (χ2v) is 4.47. The molecule has 1 aromatic rings. The van der Waals surface area contributed by atoms with Crippen LogP contribution in [-0.4, -0.2) is 12.5 Å². The molecule has 1 aromatic heterocycles. The second-order valence-electron chi connectivity index (χ2n) is 3.69. The number of amides is 1. The van der Waals surface area contributed by atoms with E-state index in [9.17, 15) is 4.79 Å². The number of carbonyl (C=O) groups is 1. The maximum atomic E-state index is 11.4. The molecule has 2 nitrogen and oxygen atoms in total. The van der Waals surface area contributed by atoms with Gasteiger partial charge in [0.25, 0.3) is 0 Å². The van der Waals surface area contributed by atoms with Crippen LogP contribution in [0.4, 0.5) is 0 Å². The summed E-state index contributed by atoms with van der Waals surface area (Å²) >= 11 is 1.68. The highest BCUT2D eigenvalue weighted by atomic mass is 32.1. The molecule has 0 bridgehead atoms. The van der Waals surface area contributed by atoms with Crippen molar-refractivity contribution in [1.82, 2.24) is 5.32 Å². The third-order valence-electron chi connectivity index (χ3n) is 2.32. The van der Waals surface area contributed by atoms with Crippen molar-refractivity contribution in [1.29, 1.82) is 0 Å². The summed E-state index contributed by atoms with van der Waals surface area (Å²) in [5, 5.41) is 7.10. The number of carbonyl (C=O) groups excluding carboxylic acids is 1. The summed E-state index contributed by atoms with van der Waals surface area (Å²) in [6, 6.07) is 2.08. The van der Waals surface area contributed by atoms with Gasteiger partial charge in [0.2, 0.25) is 5.91 Å². The van der Waals surface area contributed by atoms with E-state index in [0.717, 1.165) is 19.4 Å². The third-order valence-corrected chi connectivity index (χ3v) is 3.06. The lowest BCUT2D eigenvalue weighted by Gasteiger charge is -2.03. The van der Waals surface area contributed by atoms with Crippen LogP contribution in [0.5, 0.6) is 0 Å². The first-order chi connectivity index (χ1) is 7.33. The van der Waals surface area contributed by atoms with Crippen LogP contribution in [-0.2, 0) is 11.2 Å². The number of thiophene rings is 1. The lowest BCUT2D eigenvalue weighted by Crippen LogP contribution is -2.24. The predicted molar refractivity (Wildman–Crippen MR) is 65.2 cm³/mol. The molecule has 0 spiro atoms. The molecule has 15 heavy (non-hydrogen) atoms. The molecule has 1 rings (SSSR count). The minimum absolute atomic E-state index is 0.178. The highest BCUT2D eigenvalue weighted by Crippen LogP contribution is 2.08. The SMILES string of the molecule is CCCCCNC(=O)CCc1ccsc1. The van der Waals surface area contributed by atoms with Gasteiger partial charge in [-0.05, 0) is 35.2 Å². The van der Waals surface area contributed by atoms with Crippen molar-refractivity contribution in [2.45, 2.75) is 39.0 Å². The highest BCUT2D eigenvalue weighted by molar-refractivity contribution is 7.07. The Morgan fingerprint density at radius 2 is 2.33 bits per heavy atom. The molecule has 1 amide bonds. The molecule has 0 fully saturated rings. The number of unbranched alkanes of at least 4 members (excludes halogenated alkanes) is 2. The maximum Gasteiger partial charge on any atom is 0.220 e. The fourth-order valence-electron chi connectivity index (χ4n) is 1.38. The summed E-state index contributed by atoms with van der Waals surface area (Å²) in [6.07, 6.45) is 4.97. The molecule has 0 aliphatic rings. The fraction of sp³-hybridized carbons (Fsp3) is 0.583. The van der Waals surface area contributed by atoms with Gasteiger partial charge in [0.1, 0.15) is 0 Å². The van der Waals surface area contributed by atoms with E-state index in [2.05, 4.69) is 29.1 Å². The molecule has 0 aromatic carbocycles. The molecule has 0 saturated carbocycles. The number of aryl methyl sites for hydroxylation is 1. The van der Waals surface area contributed by atoms with E-state index in [4.69, 9.17) is 0 Å². The van der Waals surface area contributed by atoms with Crippen molar-refractivity contribution in [3.05, 3.63) is 22.4 Å². The van der Waals surface area contributed by atoms with E-state index in [0.29, 0.717) is 6.42 Å². The third kappa shape index (κ3) is 5.57. The summed E-state index contributed by atoms with van der Waals surface area (Å²) in [4.78, 5) is 11.4. The Labute approximate surface area is 95.7 Å². The van der Waals surface area contributed by atoms with Gasteiger partial charge >= 0.3 is 0 Å². The molecule has 0 atom stereocenters. The maximum absolute atomic E-state index is 11.4. The summed E-state index contributed by atoms with van der Waals surface area (Å²) in [7, 11) is 0. The number of hydrogen-bond donors (Lipinski definition) is 1. The Bertz CT molecular complexity index is 269.